The maximum atomic E-state index is 12.8. The van der Waals surface area contributed by atoms with Crippen LogP contribution in [0.4, 0.5) is 0 Å². The molecule has 2 bridgehead atoms. The van der Waals surface area contributed by atoms with E-state index in [1.54, 1.807) is 18.2 Å². The third-order valence-corrected chi connectivity index (χ3v) is 7.60. The summed E-state index contributed by atoms with van der Waals surface area (Å²) in [5, 5.41) is 22.7. The van der Waals surface area contributed by atoms with Crippen LogP contribution in [0.25, 0.3) is 0 Å². The Kier molecular flexibility index (Phi) is 3.85. The molecule has 7 rings (SSSR count). The molecular formula is C22H24ClN3O4. The minimum absolute atomic E-state index is 0.0792. The third-order valence-electron chi connectivity index (χ3n) is 7.37. The molecule has 4 saturated carbocycles. The lowest BCUT2D eigenvalue weighted by molar-refractivity contribution is -0.149. The van der Waals surface area contributed by atoms with Crippen molar-refractivity contribution in [2.24, 2.45) is 5.92 Å². The molecule has 0 saturated heterocycles. The zero-order chi connectivity index (χ0) is 20.7. The Hall–Kier alpha value is -2.12. The zero-order valence-electron chi connectivity index (χ0n) is 16.7. The highest BCUT2D eigenvalue weighted by Gasteiger charge is 2.72. The van der Waals surface area contributed by atoms with Gasteiger partial charge in [0.15, 0.2) is 6.10 Å². The number of benzene rings is 1. The van der Waals surface area contributed by atoms with Crippen molar-refractivity contribution in [1.29, 1.82) is 0 Å². The smallest absolute Gasteiger partial charge is 0.261 e. The average Bonchev–Trinajstić information content (AvgIpc) is 3.10. The molecule has 158 valence electrons. The number of nitrogens with zero attached hydrogens (tertiary/aromatic N) is 2. The van der Waals surface area contributed by atoms with E-state index >= 15 is 0 Å². The number of aliphatic hydroxyl groups excluding tert-OH is 1. The number of ether oxygens (including phenoxy) is 1. The van der Waals surface area contributed by atoms with Crippen LogP contribution in [0.1, 0.15) is 74.8 Å². The molecule has 1 aliphatic heterocycles. The fraction of sp³-hybridized carbons (Fsp3) is 0.591. The number of nitrogens with one attached hydrogen (secondary N) is 1. The van der Waals surface area contributed by atoms with Crippen molar-refractivity contribution in [1.82, 2.24) is 15.5 Å². The van der Waals surface area contributed by atoms with E-state index in [4.69, 9.17) is 20.8 Å². The summed E-state index contributed by atoms with van der Waals surface area (Å²) in [6.07, 6.45) is 3.42. The van der Waals surface area contributed by atoms with Crippen molar-refractivity contribution in [3.8, 4) is 5.75 Å². The van der Waals surface area contributed by atoms with E-state index in [0.717, 1.165) is 49.8 Å². The van der Waals surface area contributed by atoms with E-state index in [1.807, 2.05) is 0 Å². The molecule has 8 heteroatoms. The van der Waals surface area contributed by atoms with E-state index in [-0.39, 0.29) is 23.3 Å². The maximum absolute atomic E-state index is 12.8. The van der Waals surface area contributed by atoms with Gasteiger partial charge in [0.25, 0.3) is 5.91 Å². The normalized spacial score (nSPS) is 38.4. The van der Waals surface area contributed by atoms with Crippen LogP contribution in [0.5, 0.6) is 5.75 Å². The molecule has 30 heavy (non-hydrogen) atoms. The predicted molar refractivity (Wildman–Crippen MR) is 107 cm³/mol. The molecule has 4 fully saturated rings. The second kappa shape index (κ2) is 6.20. The molecule has 5 aliphatic rings. The third kappa shape index (κ3) is 2.71. The summed E-state index contributed by atoms with van der Waals surface area (Å²) >= 11 is 6.00. The quantitative estimate of drug-likeness (QED) is 0.772. The van der Waals surface area contributed by atoms with Crippen LogP contribution in [0.15, 0.2) is 22.6 Å². The van der Waals surface area contributed by atoms with Gasteiger partial charge in [-0.2, -0.15) is 0 Å². The fourth-order valence-electron chi connectivity index (χ4n) is 5.79. The van der Waals surface area contributed by atoms with Crippen molar-refractivity contribution >= 4 is 17.5 Å². The van der Waals surface area contributed by atoms with Crippen molar-refractivity contribution < 1.29 is 19.1 Å². The number of aliphatic hydroxyl groups is 1. The number of aromatic nitrogens is 2. The molecule has 1 aromatic carbocycles. The van der Waals surface area contributed by atoms with Gasteiger partial charge in [-0.1, -0.05) is 18.5 Å². The van der Waals surface area contributed by atoms with Crippen LogP contribution < -0.4 is 10.1 Å². The lowest BCUT2D eigenvalue weighted by Gasteiger charge is -2.68. The molecule has 4 aliphatic carbocycles. The summed E-state index contributed by atoms with van der Waals surface area (Å²) in [7, 11) is 0. The monoisotopic (exact) mass is 429 g/mol. The van der Waals surface area contributed by atoms with Crippen molar-refractivity contribution in [2.45, 2.75) is 74.5 Å². The van der Waals surface area contributed by atoms with Crippen molar-refractivity contribution in [3.63, 3.8) is 0 Å². The van der Waals surface area contributed by atoms with Crippen LogP contribution in [0.2, 0.25) is 5.02 Å². The number of fused-ring (bicyclic) bond motifs is 1. The van der Waals surface area contributed by atoms with Crippen LogP contribution in [-0.4, -0.2) is 32.9 Å². The van der Waals surface area contributed by atoms with Crippen molar-refractivity contribution in [3.05, 3.63) is 40.6 Å². The first kappa shape index (κ1) is 18.6. The van der Waals surface area contributed by atoms with Gasteiger partial charge in [-0.05, 0) is 56.2 Å². The number of hydrogen-bond donors (Lipinski definition) is 2. The second-order valence-electron chi connectivity index (χ2n) is 9.84. The molecular weight excluding hydrogens is 406 g/mol. The highest BCUT2D eigenvalue weighted by Crippen LogP contribution is 2.67. The minimum Gasteiger partial charge on any atom is -0.480 e. The van der Waals surface area contributed by atoms with Gasteiger partial charge in [0.1, 0.15) is 5.75 Å². The van der Waals surface area contributed by atoms with E-state index in [2.05, 4.69) is 22.4 Å². The highest BCUT2D eigenvalue weighted by molar-refractivity contribution is 6.30. The number of carbonyl (C=O) groups is 1. The van der Waals surface area contributed by atoms with Gasteiger partial charge in [0.05, 0.1) is 11.5 Å². The van der Waals surface area contributed by atoms with Gasteiger partial charge in [0.2, 0.25) is 11.8 Å². The highest BCUT2D eigenvalue weighted by atomic mass is 35.5. The first-order valence-corrected chi connectivity index (χ1v) is 11.0. The fourth-order valence-corrected chi connectivity index (χ4v) is 5.97. The van der Waals surface area contributed by atoms with Crippen LogP contribution in [-0.2, 0) is 10.2 Å². The van der Waals surface area contributed by atoms with Gasteiger partial charge in [-0.15, -0.1) is 10.2 Å². The molecule has 1 amide bonds. The largest absolute Gasteiger partial charge is 0.480 e. The predicted octanol–water partition coefficient (Wildman–Crippen LogP) is 3.41. The SMILES string of the molecule is CC1CC(c2nnc(C34CC(NC(=O)[C@H]5C[C@H](O)c6cc(Cl)ccc6O5)(C3)C4)o2)C1. The first-order valence-electron chi connectivity index (χ1n) is 10.6. The van der Waals surface area contributed by atoms with E-state index in [0.29, 0.717) is 22.3 Å². The number of amides is 1. The minimum atomic E-state index is -0.770. The first-order chi connectivity index (χ1) is 14.3. The molecule has 1 aromatic heterocycles. The van der Waals surface area contributed by atoms with Gasteiger partial charge in [0, 0.05) is 28.5 Å². The number of halogens is 1. The van der Waals surface area contributed by atoms with Crippen LogP contribution in [0.3, 0.4) is 0 Å². The van der Waals surface area contributed by atoms with E-state index in [9.17, 15) is 9.90 Å². The molecule has 0 unspecified atom stereocenters. The Morgan fingerprint density at radius 1 is 1.23 bits per heavy atom. The topological polar surface area (TPSA) is 97.5 Å². The Bertz CT molecular complexity index is 1010. The molecule has 2 N–H and O–H groups in total. The Morgan fingerprint density at radius 2 is 2.00 bits per heavy atom. The second-order valence-corrected chi connectivity index (χ2v) is 10.3. The Labute approximate surface area is 179 Å². The molecule has 2 atom stereocenters. The lowest BCUT2D eigenvalue weighted by Crippen LogP contribution is -2.77. The lowest BCUT2D eigenvalue weighted by atomic mass is 9.39. The summed E-state index contributed by atoms with van der Waals surface area (Å²) in [4.78, 5) is 12.8. The van der Waals surface area contributed by atoms with Gasteiger partial charge in [-0.3, -0.25) is 4.79 Å². The van der Waals surface area contributed by atoms with Crippen molar-refractivity contribution in [2.75, 3.05) is 0 Å². The molecule has 0 radical (unpaired) electrons. The molecule has 2 heterocycles. The maximum Gasteiger partial charge on any atom is 0.261 e. The number of hydrogen-bond acceptors (Lipinski definition) is 6. The molecule has 2 aromatic rings. The Balaban J connectivity index is 1.08. The van der Waals surface area contributed by atoms with E-state index < -0.39 is 12.2 Å². The number of carbonyl (C=O) groups excluding carboxylic acids is 1. The summed E-state index contributed by atoms with van der Waals surface area (Å²) in [5.74, 6) is 2.98. The van der Waals surface area contributed by atoms with Crippen LogP contribution in [0, 0.1) is 5.92 Å². The average molecular weight is 430 g/mol. The summed E-state index contributed by atoms with van der Waals surface area (Å²) in [6, 6.07) is 5.08. The van der Waals surface area contributed by atoms with Gasteiger partial charge >= 0.3 is 0 Å². The van der Waals surface area contributed by atoms with Crippen LogP contribution >= 0.6 is 11.6 Å². The van der Waals surface area contributed by atoms with E-state index in [1.165, 1.54) is 0 Å². The standard InChI is InChI=1S/C22H24ClN3O4/c1-11-4-12(5-11)19-25-26-20(30-19)21-8-22(9-21,10-21)24-18(28)17-7-15(27)14-6-13(23)2-3-16(14)29-17/h2-3,6,11-12,15,17,27H,4-5,7-10H2,1H3,(H,24,28)/t11?,12?,15-,17+,21?,22?/m0/s1. The number of rotatable bonds is 4. The zero-order valence-corrected chi connectivity index (χ0v) is 17.5. The summed E-state index contributed by atoms with van der Waals surface area (Å²) < 4.78 is 11.9. The molecule has 7 nitrogen and oxygen atoms in total. The summed E-state index contributed by atoms with van der Waals surface area (Å²) in [5.41, 5.74) is 0.333. The van der Waals surface area contributed by atoms with Gasteiger partial charge in [-0.25, -0.2) is 0 Å². The van der Waals surface area contributed by atoms with Gasteiger partial charge < -0.3 is 19.6 Å². The molecule has 0 spiro atoms. The summed E-state index contributed by atoms with van der Waals surface area (Å²) in [6.45, 7) is 2.24. The Morgan fingerprint density at radius 3 is 2.73 bits per heavy atom.